The van der Waals surface area contributed by atoms with Crippen LogP contribution in [0, 0.1) is 11.3 Å². The third-order valence-electron chi connectivity index (χ3n) is 6.18. The standard InChI is InChI=1S/C17H26N4O2/c1-16(2)13(12-4-11-23-14(12)16)20-15(22)17(5-8-18-9-6-17)21-10-3-7-19-21/h3,7,10,12-14,18H,4-6,8-9,11H2,1-2H3,(H,20,22). The molecule has 0 radical (unpaired) electrons. The Bertz CT molecular complexity index is 577. The summed E-state index contributed by atoms with van der Waals surface area (Å²) in [5.74, 6) is 0.580. The van der Waals surface area contributed by atoms with Gasteiger partial charge in [0.05, 0.1) is 6.10 Å². The minimum absolute atomic E-state index is 0.00898. The summed E-state index contributed by atoms with van der Waals surface area (Å²) in [4.78, 5) is 13.3. The van der Waals surface area contributed by atoms with Crippen molar-refractivity contribution >= 4 is 5.91 Å². The van der Waals surface area contributed by atoms with E-state index in [4.69, 9.17) is 4.74 Å². The fourth-order valence-electron chi connectivity index (χ4n) is 4.82. The number of fused-ring (bicyclic) bond motifs is 1. The summed E-state index contributed by atoms with van der Waals surface area (Å²) in [6.45, 7) is 6.91. The van der Waals surface area contributed by atoms with Crippen molar-refractivity contribution in [3.8, 4) is 0 Å². The summed E-state index contributed by atoms with van der Waals surface area (Å²) in [5, 5.41) is 11.1. The zero-order valence-electron chi connectivity index (χ0n) is 13.9. The molecule has 3 atom stereocenters. The molecule has 1 amide bonds. The number of hydrogen-bond donors (Lipinski definition) is 2. The van der Waals surface area contributed by atoms with E-state index in [1.165, 1.54) is 0 Å². The summed E-state index contributed by atoms with van der Waals surface area (Å²) in [5.41, 5.74) is -0.551. The first kappa shape index (κ1) is 15.1. The molecule has 126 valence electrons. The zero-order valence-corrected chi connectivity index (χ0v) is 13.9. The molecule has 1 aromatic rings. The van der Waals surface area contributed by atoms with Crippen LogP contribution in [0.25, 0.3) is 0 Å². The number of ether oxygens (including phenoxy) is 1. The topological polar surface area (TPSA) is 68.2 Å². The van der Waals surface area contributed by atoms with Gasteiger partial charge in [0.1, 0.15) is 5.54 Å². The van der Waals surface area contributed by atoms with Crippen molar-refractivity contribution in [2.75, 3.05) is 19.7 Å². The third kappa shape index (κ3) is 2.15. The fraction of sp³-hybridized carbons (Fsp3) is 0.765. The van der Waals surface area contributed by atoms with Gasteiger partial charge in [-0.15, -0.1) is 0 Å². The number of aromatic nitrogens is 2. The van der Waals surface area contributed by atoms with Gasteiger partial charge in [0.2, 0.25) is 5.91 Å². The molecule has 1 saturated carbocycles. The van der Waals surface area contributed by atoms with E-state index in [2.05, 4.69) is 29.6 Å². The van der Waals surface area contributed by atoms with Gasteiger partial charge >= 0.3 is 0 Å². The Morgan fingerprint density at radius 1 is 1.39 bits per heavy atom. The second kappa shape index (κ2) is 5.31. The van der Waals surface area contributed by atoms with Crippen LogP contribution in [0.15, 0.2) is 18.5 Å². The molecule has 4 rings (SSSR count). The van der Waals surface area contributed by atoms with Crippen LogP contribution in [0.2, 0.25) is 0 Å². The maximum absolute atomic E-state index is 13.3. The number of carbonyl (C=O) groups is 1. The summed E-state index contributed by atoms with van der Waals surface area (Å²) < 4.78 is 7.70. The highest BCUT2D eigenvalue weighted by atomic mass is 16.5. The molecule has 3 aliphatic rings. The Kier molecular flexibility index (Phi) is 3.50. The van der Waals surface area contributed by atoms with E-state index in [1.54, 1.807) is 6.20 Å². The molecular weight excluding hydrogens is 292 g/mol. The second-order valence-corrected chi connectivity index (χ2v) is 7.75. The number of rotatable bonds is 3. The molecule has 23 heavy (non-hydrogen) atoms. The molecule has 0 bridgehead atoms. The smallest absolute Gasteiger partial charge is 0.248 e. The predicted molar refractivity (Wildman–Crippen MR) is 85.9 cm³/mol. The van der Waals surface area contributed by atoms with Crippen molar-refractivity contribution in [3.05, 3.63) is 18.5 Å². The molecule has 1 aromatic heterocycles. The van der Waals surface area contributed by atoms with Gasteiger partial charge in [-0.2, -0.15) is 5.10 Å². The van der Waals surface area contributed by atoms with E-state index < -0.39 is 5.54 Å². The van der Waals surface area contributed by atoms with Crippen molar-refractivity contribution in [1.29, 1.82) is 0 Å². The SMILES string of the molecule is CC1(C)C(NC(=O)C2(n3cccn3)CCNCC2)C2CCOC21. The van der Waals surface area contributed by atoms with Crippen LogP contribution in [0.5, 0.6) is 0 Å². The number of nitrogens with one attached hydrogen (secondary N) is 2. The lowest BCUT2D eigenvalue weighted by Crippen LogP contribution is -2.69. The molecule has 6 nitrogen and oxygen atoms in total. The zero-order chi connectivity index (χ0) is 16.1. The molecule has 3 unspecified atom stereocenters. The molecule has 2 saturated heterocycles. The van der Waals surface area contributed by atoms with Crippen molar-refractivity contribution in [2.45, 2.75) is 50.8 Å². The molecule has 2 aliphatic heterocycles. The summed E-state index contributed by atoms with van der Waals surface area (Å²) in [6, 6.07) is 2.09. The van der Waals surface area contributed by atoms with Crippen LogP contribution in [-0.4, -0.2) is 47.5 Å². The highest BCUT2D eigenvalue weighted by molar-refractivity contribution is 5.85. The van der Waals surface area contributed by atoms with Crippen LogP contribution in [0.3, 0.4) is 0 Å². The lowest BCUT2D eigenvalue weighted by atomic mass is 9.57. The number of hydrogen-bond acceptors (Lipinski definition) is 4. The largest absolute Gasteiger partial charge is 0.377 e. The highest BCUT2D eigenvalue weighted by Gasteiger charge is 2.60. The fourth-order valence-corrected chi connectivity index (χ4v) is 4.82. The van der Waals surface area contributed by atoms with Crippen LogP contribution < -0.4 is 10.6 Å². The third-order valence-corrected chi connectivity index (χ3v) is 6.18. The molecular formula is C17H26N4O2. The maximum Gasteiger partial charge on any atom is 0.248 e. The van der Waals surface area contributed by atoms with Crippen LogP contribution in [-0.2, 0) is 15.1 Å². The number of amides is 1. The normalized spacial score (nSPS) is 34.4. The Morgan fingerprint density at radius 3 is 2.87 bits per heavy atom. The second-order valence-electron chi connectivity index (χ2n) is 7.75. The van der Waals surface area contributed by atoms with Crippen molar-refractivity contribution in [2.24, 2.45) is 11.3 Å². The predicted octanol–water partition coefficient (Wildman–Crippen LogP) is 0.891. The summed E-state index contributed by atoms with van der Waals surface area (Å²) in [7, 11) is 0. The van der Waals surface area contributed by atoms with E-state index in [-0.39, 0.29) is 17.4 Å². The molecule has 0 spiro atoms. The summed E-state index contributed by atoms with van der Waals surface area (Å²) >= 11 is 0. The Hall–Kier alpha value is -1.40. The van der Waals surface area contributed by atoms with E-state index in [1.807, 2.05) is 16.9 Å². The Labute approximate surface area is 137 Å². The van der Waals surface area contributed by atoms with E-state index >= 15 is 0 Å². The van der Waals surface area contributed by atoms with Gasteiger partial charge in [0.15, 0.2) is 0 Å². The van der Waals surface area contributed by atoms with Gasteiger partial charge in [-0.05, 0) is 38.4 Å². The molecule has 0 aromatic carbocycles. The van der Waals surface area contributed by atoms with Crippen LogP contribution in [0.4, 0.5) is 0 Å². The summed E-state index contributed by atoms with van der Waals surface area (Å²) in [6.07, 6.45) is 6.57. The number of piperidine rings is 1. The molecule has 1 aliphatic carbocycles. The van der Waals surface area contributed by atoms with Gasteiger partial charge in [-0.1, -0.05) is 13.8 Å². The molecule has 3 heterocycles. The van der Waals surface area contributed by atoms with Gasteiger partial charge in [-0.3, -0.25) is 9.48 Å². The van der Waals surface area contributed by atoms with Gasteiger partial charge < -0.3 is 15.4 Å². The van der Waals surface area contributed by atoms with E-state index in [0.717, 1.165) is 39.0 Å². The number of carbonyl (C=O) groups excluding carboxylic acids is 1. The lowest BCUT2D eigenvalue weighted by molar-refractivity contribution is -0.146. The first-order valence-electron chi connectivity index (χ1n) is 8.69. The van der Waals surface area contributed by atoms with Crippen molar-refractivity contribution in [3.63, 3.8) is 0 Å². The lowest BCUT2D eigenvalue weighted by Gasteiger charge is -2.55. The Morgan fingerprint density at radius 2 is 2.17 bits per heavy atom. The molecule has 6 heteroatoms. The van der Waals surface area contributed by atoms with E-state index in [0.29, 0.717) is 12.0 Å². The maximum atomic E-state index is 13.3. The first-order chi connectivity index (χ1) is 11.1. The van der Waals surface area contributed by atoms with Crippen LogP contribution in [0.1, 0.15) is 33.1 Å². The highest BCUT2D eigenvalue weighted by Crippen LogP contribution is 2.52. The Balaban J connectivity index is 1.57. The minimum atomic E-state index is -0.560. The average molecular weight is 318 g/mol. The monoisotopic (exact) mass is 318 g/mol. The van der Waals surface area contributed by atoms with Crippen LogP contribution >= 0.6 is 0 Å². The molecule has 2 N–H and O–H groups in total. The minimum Gasteiger partial charge on any atom is -0.377 e. The van der Waals surface area contributed by atoms with Crippen molar-refractivity contribution in [1.82, 2.24) is 20.4 Å². The van der Waals surface area contributed by atoms with E-state index in [9.17, 15) is 4.79 Å². The average Bonchev–Trinajstić information content (AvgIpc) is 3.23. The van der Waals surface area contributed by atoms with Gasteiger partial charge in [-0.25, -0.2) is 0 Å². The first-order valence-corrected chi connectivity index (χ1v) is 8.69. The molecule has 3 fully saturated rings. The number of nitrogens with zero attached hydrogens (tertiary/aromatic N) is 2. The van der Waals surface area contributed by atoms with Crippen molar-refractivity contribution < 1.29 is 9.53 Å². The quantitative estimate of drug-likeness (QED) is 0.868. The van der Waals surface area contributed by atoms with Gasteiger partial charge in [0.25, 0.3) is 0 Å². The van der Waals surface area contributed by atoms with Gasteiger partial charge in [0, 0.05) is 36.4 Å².